The van der Waals surface area contributed by atoms with E-state index in [1.807, 2.05) is 31.2 Å². The molecule has 0 fully saturated rings. The van der Waals surface area contributed by atoms with Gasteiger partial charge in [0, 0.05) is 24.1 Å². The number of aromatic nitrogens is 1. The highest BCUT2D eigenvalue weighted by Gasteiger charge is 2.09. The predicted molar refractivity (Wildman–Crippen MR) is 77.8 cm³/mol. The molecule has 0 saturated heterocycles. The van der Waals surface area contributed by atoms with Crippen LogP contribution in [0.3, 0.4) is 0 Å². The number of methoxy groups -OCH3 is 1. The first kappa shape index (κ1) is 13.9. The Morgan fingerprint density at radius 3 is 2.70 bits per heavy atom. The summed E-state index contributed by atoms with van der Waals surface area (Å²) in [4.78, 5) is 15.9. The molecule has 2 aromatic rings. The summed E-state index contributed by atoms with van der Waals surface area (Å²) in [5, 5.41) is 5.64. The minimum atomic E-state index is -0.262. The Balaban J connectivity index is 1.95. The smallest absolute Gasteiger partial charge is 0.319 e. The van der Waals surface area contributed by atoms with Crippen molar-refractivity contribution in [2.75, 3.05) is 12.4 Å². The molecular formula is C15H17N3O2. The van der Waals surface area contributed by atoms with Gasteiger partial charge in [0.25, 0.3) is 0 Å². The van der Waals surface area contributed by atoms with Gasteiger partial charge >= 0.3 is 6.03 Å². The zero-order valence-electron chi connectivity index (χ0n) is 11.5. The topological polar surface area (TPSA) is 63.2 Å². The maximum absolute atomic E-state index is 11.9. The maximum atomic E-state index is 11.9. The van der Waals surface area contributed by atoms with Crippen molar-refractivity contribution in [3.05, 3.63) is 54.4 Å². The number of anilines is 1. The molecule has 2 rings (SSSR count). The lowest BCUT2D eigenvalue weighted by Crippen LogP contribution is -2.31. The number of amides is 2. The quantitative estimate of drug-likeness (QED) is 0.898. The van der Waals surface area contributed by atoms with Crippen LogP contribution in [0.15, 0.2) is 48.8 Å². The van der Waals surface area contributed by atoms with Crippen LogP contribution in [0, 0.1) is 0 Å². The molecule has 1 aromatic heterocycles. The SMILES string of the molecule is COc1cccc(NC(=O)NC(C)c2ccncc2)c1. The van der Waals surface area contributed by atoms with E-state index in [0.717, 1.165) is 5.56 Å². The van der Waals surface area contributed by atoms with E-state index >= 15 is 0 Å². The van der Waals surface area contributed by atoms with E-state index in [0.29, 0.717) is 11.4 Å². The average molecular weight is 271 g/mol. The Morgan fingerprint density at radius 2 is 2.00 bits per heavy atom. The molecule has 0 aliphatic carbocycles. The van der Waals surface area contributed by atoms with Crippen molar-refractivity contribution in [2.45, 2.75) is 13.0 Å². The molecular weight excluding hydrogens is 254 g/mol. The van der Waals surface area contributed by atoms with E-state index in [2.05, 4.69) is 15.6 Å². The van der Waals surface area contributed by atoms with Crippen LogP contribution in [0.1, 0.15) is 18.5 Å². The number of urea groups is 1. The van der Waals surface area contributed by atoms with Crippen LogP contribution in [-0.2, 0) is 0 Å². The largest absolute Gasteiger partial charge is 0.497 e. The number of hydrogen-bond donors (Lipinski definition) is 2. The van der Waals surface area contributed by atoms with E-state index < -0.39 is 0 Å². The van der Waals surface area contributed by atoms with Gasteiger partial charge in [-0.25, -0.2) is 4.79 Å². The molecule has 0 aliphatic heterocycles. The minimum Gasteiger partial charge on any atom is -0.497 e. The molecule has 0 bridgehead atoms. The molecule has 1 aromatic carbocycles. The number of nitrogens with one attached hydrogen (secondary N) is 2. The standard InChI is InChI=1S/C15H17N3O2/c1-11(12-6-8-16-9-7-12)17-15(19)18-13-4-3-5-14(10-13)20-2/h3-11H,1-2H3,(H2,17,18,19). The Labute approximate surface area is 118 Å². The molecule has 0 radical (unpaired) electrons. The van der Waals surface area contributed by atoms with Gasteiger partial charge in [-0.2, -0.15) is 0 Å². The lowest BCUT2D eigenvalue weighted by Gasteiger charge is -2.15. The number of rotatable bonds is 4. The number of carbonyl (C=O) groups excluding carboxylic acids is 1. The Hall–Kier alpha value is -2.56. The minimum absolute atomic E-state index is 0.0939. The number of nitrogens with zero attached hydrogens (tertiary/aromatic N) is 1. The molecule has 1 unspecified atom stereocenters. The third-order valence-corrected chi connectivity index (χ3v) is 2.88. The normalized spacial score (nSPS) is 11.5. The highest BCUT2D eigenvalue weighted by atomic mass is 16.5. The fourth-order valence-electron chi connectivity index (χ4n) is 1.80. The predicted octanol–water partition coefficient (Wildman–Crippen LogP) is 2.97. The Morgan fingerprint density at radius 1 is 1.25 bits per heavy atom. The van der Waals surface area contributed by atoms with Crippen LogP contribution in [0.25, 0.3) is 0 Å². The van der Waals surface area contributed by atoms with Crippen molar-refractivity contribution in [2.24, 2.45) is 0 Å². The van der Waals surface area contributed by atoms with Crippen molar-refractivity contribution in [1.29, 1.82) is 0 Å². The molecule has 0 spiro atoms. The summed E-state index contributed by atoms with van der Waals surface area (Å²) in [5.74, 6) is 0.699. The van der Waals surface area contributed by atoms with Gasteiger partial charge in [-0.3, -0.25) is 4.98 Å². The number of ether oxygens (including phenoxy) is 1. The molecule has 0 saturated carbocycles. The summed E-state index contributed by atoms with van der Waals surface area (Å²) in [7, 11) is 1.59. The molecule has 2 N–H and O–H groups in total. The summed E-state index contributed by atoms with van der Waals surface area (Å²) >= 11 is 0. The van der Waals surface area contributed by atoms with Crippen molar-refractivity contribution < 1.29 is 9.53 Å². The van der Waals surface area contributed by atoms with Crippen LogP contribution in [0.4, 0.5) is 10.5 Å². The first-order valence-corrected chi connectivity index (χ1v) is 6.30. The summed E-state index contributed by atoms with van der Waals surface area (Å²) in [5.41, 5.74) is 1.68. The zero-order chi connectivity index (χ0) is 14.4. The van der Waals surface area contributed by atoms with E-state index in [-0.39, 0.29) is 12.1 Å². The highest BCUT2D eigenvalue weighted by Crippen LogP contribution is 2.17. The van der Waals surface area contributed by atoms with E-state index in [1.165, 1.54) is 0 Å². The third kappa shape index (κ3) is 3.71. The van der Waals surface area contributed by atoms with Crippen LogP contribution in [0.2, 0.25) is 0 Å². The second kappa shape index (κ2) is 6.56. The molecule has 104 valence electrons. The van der Waals surface area contributed by atoms with E-state index in [4.69, 9.17) is 4.74 Å². The second-order valence-electron chi connectivity index (χ2n) is 4.33. The summed E-state index contributed by atoms with van der Waals surface area (Å²) in [6.07, 6.45) is 3.40. The van der Waals surface area contributed by atoms with Crippen LogP contribution in [0.5, 0.6) is 5.75 Å². The maximum Gasteiger partial charge on any atom is 0.319 e. The van der Waals surface area contributed by atoms with Gasteiger partial charge in [0.05, 0.1) is 13.2 Å². The van der Waals surface area contributed by atoms with Crippen LogP contribution < -0.4 is 15.4 Å². The van der Waals surface area contributed by atoms with Gasteiger partial charge in [0.1, 0.15) is 5.75 Å². The van der Waals surface area contributed by atoms with E-state index in [9.17, 15) is 4.79 Å². The molecule has 1 heterocycles. The van der Waals surface area contributed by atoms with Gasteiger partial charge in [-0.15, -0.1) is 0 Å². The van der Waals surface area contributed by atoms with Gasteiger partial charge in [-0.05, 0) is 36.8 Å². The molecule has 20 heavy (non-hydrogen) atoms. The summed E-state index contributed by atoms with van der Waals surface area (Å²) < 4.78 is 5.11. The van der Waals surface area contributed by atoms with Crippen LogP contribution >= 0.6 is 0 Å². The highest BCUT2D eigenvalue weighted by molar-refractivity contribution is 5.89. The first-order valence-electron chi connectivity index (χ1n) is 6.30. The fraction of sp³-hybridized carbons (Fsp3) is 0.200. The molecule has 5 nitrogen and oxygen atoms in total. The van der Waals surface area contributed by atoms with E-state index in [1.54, 1.807) is 31.6 Å². The molecule has 1 atom stereocenters. The van der Waals surface area contributed by atoms with Gasteiger partial charge in [0.2, 0.25) is 0 Å². The monoisotopic (exact) mass is 271 g/mol. The number of carbonyl (C=O) groups is 1. The lowest BCUT2D eigenvalue weighted by atomic mass is 10.1. The number of pyridine rings is 1. The van der Waals surface area contributed by atoms with Gasteiger partial charge < -0.3 is 15.4 Å². The van der Waals surface area contributed by atoms with Crippen molar-refractivity contribution in [3.8, 4) is 5.75 Å². The Bertz CT molecular complexity index is 572. The summed E-state index contributed by atoms with van der Waals surface area (Å²) in [6.45, 7) is 1.92. The summed E-state index contributed by atoms with van der Waals surface area (Å²) in [6, 6.07) is 10.6. The second-order valence-corrected chi connectivity index (χ2v) is 4.33. The zero-order valence-corrected chi connectivity index (χ0v) is 11.5. The average Bonchev–Trinajstić information content (AvgIpc) is 2.48. The van der Waals surface area contributed by atoms with Crippen molar-refractivity contribution >= 4 is 11.7 Å². The van der Waals surface area contributed by atoms with Gasteiger partial charge in [-0.1, -0.05) is 6.07 Å². The lowest BCUT2D eigenvalue weighted by molar-refractivity contribution is 0.249. The Kier molecular flexibility index (Phi) is 4.55. The fourth-order valence-corrected chi connectivity index (χ4v) is 1.80. The van der Waals surface area contributed by atoms with Gasteiger partial charge in [0.15, 0.2) is 0 Å². The molecule has 5 heteroatoms. The van der Waals surface area contributed by atoms with Crippen molar-refractivity contribution in [3.63, 3.8) is 0 Å². The molecule has 2 amide bonds. The number of hydrogen-bond acceptors (Lipinski definition) is 3. The van der Waals surface area contributed by atoms with Crippen LogP contribution in [-0.4, -0.2) is 18.1 Å². The van der Waals surface area contributed by atoms with Crippen molar-refractivity contribution in [1.82, 2.24) is 10.3 Å². The third-order valence-electron chi connectivity index (χ3n) is 2.88. The first-order chi connectivity index (χ1) is 9.69. The number of benzene rings is 1. The molecule has 0 aliphatic rings.